The number of hydrogen-bond donors (Lipinski definition) is 0. The van der Waals surface area contributed by atoms with Gasteiger partial charge in [-0.1, -0.05) is 131 Å². The van der Waals surface area contributed by atoms with Gasteiger partial charge in [-0.05, 0) is 135 Å². The molecular formula is C82H66F8N4O12. The fourth-order valence-corrected chi connectivity index (χ4v) is 13.7. The van der Waals surface area contributed by atoms with Crippen molar-refractivity contribution in [2.75, 3.05) is 26.4 Å². The van der Waals surface area contributed by atoms with E-state index in [1.54, 1.807) is 94.1 Å². The summed E-state index contributed by atoms with van der Waals surface area (Å²) < 4.78 is 137. The van der Waals surface area contributed by atoms with Crippen LogP contribution in [-0.4, -0.2) is 107 Å². The fraction of sp³-hybridized carbons (Fsp3) is 0.220. The van der Waals surface area contributed by atoms with Gasteiger partial charge in [0.2, 0.25) is 0 Å². The van der Waals surface area contributed by atoms with Gasteiger partial charge in [-0.15, -0.1) is 0 Å². The molecule has 0 fully saturated rings. The van der Waals surface area contributed by atoms with Gasteiger partial charge in [0.25, 0.3) is 0 Å². The van der Waals surface area contributed by atoms with Gasteiger partial charge in [-0.3, -0.25) is 19.2 Å². The summed E-state index contributed by atoms with van der Waals surface area (Å²) in [6.45, 7) is 8.05. The lowest BCUT2D eigenvalue weighted by Crippen LogP contribution is -2.34. The molecule has 16 nitrogen and oxygen atoms in total. The Bertz CT molecular complexity index is 5270. The van der Waals surface area contributed by atoms with E-state index in [0.717, 1.165) is 47.2 Å². The van der Waals surface area contributed by atoms with Gasteiger partial charge >= 0.3 is 48.6 Å². The number of carbonyl (C=O) groups is 6. The molecule has 0 aliphatic heterocycles. The number of ether oxygens (including phenoxy) is 4. The number of carbonyl (C=O) groups excluding carboxylic acids is 6. The normalized spacial score (nSPS) is 12.3. The predicted molar refractivity (Wildman–Crippen MR) is 385 cm³/mol. The molecule has 0 radical (unpaired) electrons. The third-order valence-corrected chi connectivity index (χ3v) is 18.0. The van der Waals surface area contributed by atoms with Gasteiger partial charge in [-0.25, -0.2) is 27.2 Å². The molecule has 0 spiro atoms. The molecule has 0 N–H and O–H groups in total. The fourth-order valence-electron chi connectivity index (χ4n) is 13.7. The first-order chi connectivity index (χ1) is 50.5. The first-order valence-corrected chi connectivity index (χ1v) is 33.3. The number of benzene rings is 10. The standard InChI is InChI=1S/C82H66F8N4O12/c1-43-31-45(3)71(46(4)32-43)77(99)63-37-61-59-35-51(73(91-105-49(7)95)57-21-13-15-23-67(57)103-41-81(87,88)79(83)84)25-27-65(59)93(75(61)55-19-11-9-17-53(55)63)39-69(97)101-29-30-102-70(98)40-94-66-28-26-52(74(92-106-50(8)96)58-22-14-16-24-68(58)104-42-82(89,90)80(85)86)36-60(66)62-38-64(54-18-10-12-20-56(54)76(62)94)78(100)72-47(5)33-44(2)34-48(72)6/h9-28,31-38,79-80H,29-30,39-42H2,1-8H3/b91-73-,92-74-. The van der Waals surface area contributed by atoms with E-state index in [1.807, 2.05) is 65.8 Å². The van der Waals surface area contributed by atoms with Crippen LogP contribution < -0.4 is 9.47 Å². The van der Waals surface area contributed by atoms with E-state index >= 15 is 9.59 Å². The van der Waals surface area contributed by atoms with Gasteiger partial charge in [-0.2, -0.15) is 17.6 Å². The van der Waals surface area contributed by atoms with Crippen molar-refractivity contribution in [3.05, 3.63) is 248 Å². The quantitative estimate of drug-likeness (QED) is 0.0100. The molecular weight excluding hydrogens is 1380 g/mol. The Morgan fingerprint density at radius 1 is 0.406 bits per heavy atom. The summed E-state index contributed by atoms with van der Waals surface area (Å²) >= 11 is 0. The Morgan fingerprint density at radius 2 is 0.745 bits per heavy atom. The van der Waals surface area contributed by atoms with E-state index in [0.29, 0.717) is 87.4 Å². The van der Waals surface area contributed by atoms with Crippen LogP contribution in [0.3, 0.4) is 0 Å². The zero-order valence-electron chi connectivity index (χ0n) is 58.3. The van der Waals surface area contributed by atoms with Crippen LogP contribution in [0.25, 0.3) is 65.2 Å². The van der Waals surface area contributed by atoms with Crippen molar-refractivity contribution in [3.8, 4) is 11.5 Å². The average Bonchev–Trinajstić information content (AvgIpc) is 1.56. The molecule has 0 aliphatic rings. The number of fused-ring (bicyclic) bond motifs is 10. The van der Waals surface area contributed by atoms with Gasteiger partial charge in [0.05, 0.1) is 11.0 Å². The molecule has 0 saturated heterocycles. The number of aromatic nitrogens is 2. The highest BCUT2D eigenvalue weighted by Crippen LogP contribution is 2.42. The molecule has 0 amide bonds. The third kappa shape index (κ3) is 14.8. The zero-order chi connectivity index (χ0) is 75.8. The number of halogens is 8. The Kier molecular flexibility index (Phi) is 20.8. The van der Waals surface area contributed by atoms with E-state index in [1.165, 1.54) is 60.7 Å². The van der Waals surface area contributed by atoms with Crippen LogP contribution in [0, 0.1) is 41.5 Å². The monoisotopic (exact) mass is 1450 g/mol. The lowest BCUT2D eigenvalue weighted by molar-refractivity contribution is -0.152. The van der Waals surface area contributed by atoms with Gasteiger partial charge in [0.15, 0.2) is 24.8 Å². The lowest BCUT2D eigenvalue weighted by Gasteiger charge is -2.18. The first-order valence-electron chi connectivity index (χ1n) is 33.3. The second-order valence-electron chi connectivity index (χ2n) is 25.8. The smallest absolute Gasteiger partial charge is 0.340 e. The van der Waals surface area contributed by atoms with Crippen LogP contribution in [-0.2, 0) is 51.4 Å². The van der Waals surface area contributed by atoms with Crippen molar-refractivity contribution in [2.24, 2.45) is 10.3 Å². The zero-order valence-corrected chi connectivity index (χ0v) is 58.3. The molecule has 2 aromatic heterocycles. The van der Waals surface area contributed by atoms with Crippen molar-refractivity contribution in [1.82, 2.24) is 9.13 Å². The highest BCUT2D eigenvalue weighted by molar-refractivity contribution is 6.29. The van der Waals surface area contributed by atoms with Crippen molar-refractivity contribution in [1.29, 1.82) is 0 Å². The van der Waals surface area contributed by atoms with E-state index in [2.05, 4.69) is 10.3 Å². The molecule has 0 bridgehead atoms. The number of hydrogen-bond acceptors (Lipinski definition) is 14. The third-order valence-electron chi connectivity index (χ3n) is 18.0. The summed E-state index contributed by atoms with van der Waals surface area (Å²) in [5.74, 6) is -13.7. The molecule has 12 aromatic rings. The molecule has 2 heterocycles. The first kappa shape index (κ1) is 73.7. The molecule has 0 unspecified atom stereocenters. The van der Waals surface area contributed by atoms with Crippen LogP contribution in [0.15, 0.2) is 180 Å². The van der Waals surface area contributed by atoms with E-state index in [4.69, 9.17) is 28.6 Å². The minimum absolute atomic E-state index is 0.0315. The second-order valence-corrected chi connectivity index (χ2v) is 25.8. The maximum atomic E-state index is 15.1. The van der Waals surface area contributed by atoms with Crippen LogP contribution in [0.2, 0.25) is 0 Å². The van der Waals surface area contributed by atoms with Crippen LogP contribution in [0.1, 0.15) is 101 Å². The van der Waals surface area contributed by atoms with Gasteiger partial charge in [0, 0.05) is 102 Å². The Balaban J connectivity index is 0.899. The largest absolute Gasteiger partial charge is 0.486 e. The van der Waals surface area contributed by atoms with Gasteiger partial charge in [0.1, 0.15) is 49.2 Å². The van der Waals surface area contributed by atoms with Gasteiger partial charge < -0.3 is 37.8 Å². The predicted octanol–water partition coefficient (Wildman–Crippen LogP) is 17.5. The maximum absolute atomic E-state index is 15.1. The van der Waals surface area contributed by atoms with E-state index in [-0.39, 0.29) is 56.7 Å². The number of ketones is 2. The molecule has 12 rings (SSSR count). The summed E-state index contributed by atoms with van der Waals surface area (Å²) in [5.41, 5.74) is 8.09. The summed E-state index contributed by atoms with van der Waals surface area (Å²) in [4.78, 5) is 94.1. The summed E-state index contributed by atoms with van der Waals surface area (Å²) in [7, 11) is 0. The van der Waals surface area contributed by atoms with Crippen LogP contribution in [0.5, 0.6) is 11.5 Å². The van der Waals surface area contributed by atoms with Crippen LogP contribution in [0.4, 0.5) is 35.1 Å². The number of esters is 2. The molecule has 106 heavy (non-hydrogen) atoms. The average molecular weight is 1450 g/mol. The number of alkyl halides is 8. The topological polar surface area (TPSA) is 192 Å². The van der Waals surface area contributed by atoms with Crippen LogP contribution >= 0.6 is 0 Å². The number of rotatable bonds is 25. The van der Waals surface area contributed by atoms with E-state index in [9.17, 15) is 54.3 Å². The summed E-state index contributed by atoms with van der Waals surface area (Å²) in [6.07, 6.45) is -8.11. The van der Waals surface area contributed by atoms with Crippen molar-refractivity contribution in [2.45, 2.75) is 93.2 Å². The number of aryl methyl sites for hydroxylation is 6. The Labute approximate surface area is 600 Å². The SMILES string of the molecule is CC(=O)O/N=C(/c1ccc2c(c1)c1cc(C(=O)c3c(C)cc(C)cc3C)c3ccccc3c1n2CC(=O)OCCOC(=O)Cn1c2ccc(/C(=N/OC(C)=O)c3ccccc3OCC(F)(F)C(F)F)cc2c2cc(C(=O)c3c(C)cc(C)cc3C)c3ccccc3c21)c1ccccc1OCC(F)(F)C(F)F. The summed E-state index contributed by atoms with van der Waals surface area (Å²) in [6, 6.07) is 45.9. The summed E-state index contributed by atoms with van der Waals surface area (Å²) in [5, 5.41) is 12.0. The lowest BCUT2D eigenvalue weighted by atomic mass is 9.89. The highest BCUT2D eigenvalue weighted by Gasteiger charge is 2.43. The molecule has 542 valence electrons. The minimum atomic E-state index is -4.55. The number of nitrogens with zero attached hydrogens (tertiary/aromatic N) is 4. The maximum Gasteiger partial charge on any atom is 0.340 e. The number of oxime groups is 2. The molecule has 24 heteroatoms. The minimum Gasteiger partial charge on any atom is -0.486 e. The Hall–Kier alpha value is -12.1. The highest BCUT2D eigenvalue weighted by atomic mass is 19.3. The molecule has 10 aromatic carbocycles. The Morgan fingerprint density at radius 3 is 1.09 bits per heavy atom. The molecule has 0 atom stereocenters. The molecule has 0 saturated carbocycles. The number of para-hydroxylation sites is 2. The van der Waals surface area contributed by atoms with Crippen molar-refractivity contribution < 1.29 is 92.5 Å². The second kappa shape index (κ2) is 29.9. The van der Waals surface area contributed by atoms with E-state index < -0.39 is 88.1 Å². The van der Waals surface area contributed by atoms with Crippen molar-refractivity contribution >= 4 is 112 Å². The molecule has 0 aliphatic carbocycles. The van der Waals surface area contributed by atoms with Crippen molar-refractivity contribution in [3.63, 3.8) is 0 Å².